The summed E-state index contributed by atoms with van der Waals surface area (Å²) in [5, 5.41) is 15.6. The molecule has 0 fully saturated rings. The van der Waals surface area contributed by atoms with Crippen LogP contribution in [0.15, 0.2) is 60.2 Å². The summed E-state index contributed by atoms with van der Waals surface area (Å²) in [5.74, 6) is -0.438. The highest BCUT2D eigenvalue weighted by molar-refractivity contribution is 7.10. The minimum absolute atomic E-state index is 0.286. The van der Waals surface area contributed by atoms with Crippen molar-refractivity contribution in [3.63, 3.8) is 0 Å². The van der Waals surface area contributed by atoms with E-state index in [1.165, 1.54) is 11.3 Å². The van der Waals surface area contributed by atoms with Gasteiger partial charge in [-0.3, -0.25) is 9.78 Å². The van der Waals surface area contributed by atoms with Crippen molar-refractivity contribution in [2.45, 2.75) is 19.1 Å². The predicted molar refractivity (Wildman–Crippen MR) is 93.3 cm³/mol. The Labute approximate surface area is 144 Å². The second kappa shape index (κ2) is 7.33. The molecule has 2 N–H and O–H groups in total. The molecule has 1 aromatic carbocycles. The highest BCUT2D eigenvalue weighted by Crippen LogP contribution is 2.25. The molecule has 5 nitrogen and oxygen atoms in total. The number of hydrogen-bond donors (Lipinski definition) is 2. The van der Waals surface area contributed by atoms with Crippen LogP contribution >= 0.6 is 11.3 Å². The first kappa shape index (κ1) is 16.3. The standard InChI is InChI=1S/C18H17N3O2S/c1-12(20-17(23)16(22)13-6-3-2-4-7-13)18-21-15(11-24-18)14-8-5-9-19-10-14/h2-12,16,22H,1H3,(H,20,23). The molecule has 2 aromatic heterocycles. The number of amides is 1. The van der Waals surface area contributed by atoms with Gasteiger partial charge in [-0.25, -0.2) is 4.98 Å². The molecule has 2 atom stereocenters. The van der Waals surface area contributed by atoms with Crippen LogP contribution in [0.2, 0.25) is 0 Å². The second-order valence-corrected chi connectivity index (χ2v) is 6.25. The lowest BCUT2D eigenvalue weighted by atomic mass is 10.1. The van der Waals surface area contributed by atoms with Crippen molar-refractivity contribution in [1.82, 2.24) is 15.3 Å². The molecule has 1 amide bonds. The van der Waals surface area contributed by atoms with Gasteiger partial charge >= 0.3 is 0 Å². The predicted octanol–water partition coefficient (Wildman–Crippen LogP) is 3.12. The molecule has 122 valence electrons. The maximum Gasteiger partial charge on any atom is 0.254 e. The van der Waals surface area contributed by atoms with Gasteiger partial charge in [0.05, 0.1) is 11.7 Å². The fraction of sp³-hybridized carbons (Fsp3) is 0.167. The van der Waals surface area contributed by atoms with Crippen molar-refractivity contribution in [1.29, 1.82) is 0 Å². The topological polar surface area (TPSA) is 75.1 Å². The van der Waals surface area contributed by atoms with Gasteiger partial charge in [-0.15, -0.1) is 11.3 Å². The Kier molecular flexibility index (Phi) is 4.98. The van der Waals surface area contributed by atoms with Gasteiger partial charge in [0.2, 0.25) is 0 Å². The Hall–Kier alpha value is -2.57. The molecular weight excluding hydrogens is 322 g/mol. The average Bonchev–Trinajstić information content (AvgIpc) is 3.13. The molecule has 0 bridgehead atoms. The first-order chi connectivity index (χ1) is 11.6. The van der Waals surface area contributed by atoms with E-state index in [2.05, 4.69) is 15.3 Å². The normalized spacial score (nSPS) is 13.2. The van der Waals surface area contributed by atoms with E-state index in [9.17, 15) is 9.90 Å². The van der Waals surface area contributed by atoms with Crippen LogP contribution < -0.4 is 5.32 Å². The zero-order valence-corrected chi connectivity index (χ0v) is 13.9. The number of aromatic nitrogens is 2. The van der Waals surface area contributed by atoms with E-state index in [1.807, 2.05) is 30.5 Å². The Morgan fingerprint density at radius 1 is 1.21 bits per heavy atom. The van der Waals surface area contributed by atoms with Gasteiger partial charge in [0, 0.05) is 23.3 Å². The van der Waals surface area contributed by atoms with Crippen molar-refractivity contribution in [3.8, 4) is 11.3 Å². The van der Waals surface area contributed by atoms with E-state index in [4.69, 9.17) is 0 Å². The summed E-state index contributed by atoms with van der Waals surface area (Å²) in [4.78, 5) is 20.8. The number of hydrogen-bond acceptors (Lipinski definition) is 5. The van der Waals surface area contributed by atoms with Crippen molar-refractivity contribution >= 4 is 17.2 Å². The van der Waals surface area contributed by atoms with Gasteiger partial charge in [0.15, 0.2) is 6.10 Å². The Morgan fingerprint density at radius 2 is 2.00 bits per heavy atom. The lowest BCUT2D eigenvalue weighted by Crippen LogP contribution is -2.31. The molecule has 0 aliphatic rings. The Balaban J connectivity index is 1.68. The number of nitrogens with one attached hydrogen (secondary N) is 1. The van der Waals surface area contributed by atoms with Crippen LogP contribution in [0, 0.1) is 0 Å². The van der Waals surface area contributed by atoms with E-state index in [-0.39, 0.29) is 6.04 Å². The quantitative estimate of drug-likeness (QED) is 0.749. The van der Waals surface area contributed by atoms with E-state index in [0.29, 0.717) is 5.56 Å². The average molecular weight is 339 g/mol. The van der Waals surface area contributed by atoms with E-state index >= 15 is 0 Å². The third kappa shape index (κ3) is 3.67. The van der Waals surface area contributed by atoms with E-state index in [0.717, 1.165) is 16.3 Å². The number of carbonyl (C=O) groups excluding carboxylic acids is 1. The van der Waals surface area contributed by atoms with Crippen LogP contribution in [0.25, 0.3) is 11.3 Å². The fourth-order valence-electron chi connectivity index (χ4n) is 2.27. The van der Waals surface area contributed by atoms with Crippen LogP contribution in [0.3, 0.4) is 0 Å². The zero-order valence-electron chi connectivity index (χ0n) is 13.1. The molecule has 3 rings (SSSR count). The molecule has 0 aliphatic carbocycles. The zero-order chi connectivity index (χ0) is 16.9. The monoisotopic (exact) mass is 339 g/mol. The third-order valence-electron chi connectivity index (χ3n) is 3.57. The van der Waals surface area contributed by atoms with Crippen LogP contribution in [-0.4, -0.2) is 21.0 Å². The van der Waals surface area contributed by atoms with E-state index < -0.39 is 12.0 Å². The maximum absolute atomic E-state index is 12.2. The molecule has 2 heterocycles. The Morgan fingerprint density at radius 3 is 2.71 bits per heavy atom. The number of aliphatic hydroxyl groups is 1. The van der Waals surface area contributed by atoms with Gasteiger partial charge in [-0.2, -0.15) is 0 Å². The lowest BCUT2D eigenvalue weighted by Gasteiger charge is -2.15. The van der Waals surface area contributed by atoms with Crippen LogP contribution in [-0.2, 0) is 4.79 Å². The summed E-state index contributed by atoms with van der Waals surface area (Å²) in [6, 6.07) is 12.4. The van der Waals surface area contributed by atoms with Crippen LogP contribution in [0.1, 0.15) is 29.6 Å². The molecule has 0 spiro atoms. The fourth-order valence-corrected chi connectivity index (χ4v) is 3.11. The minimum atomic E-state index is -1.19. The molecule has 0 radical (unpaired) electrons. The summed E-state index contributed by atoms with van der Waals surface area (Å²) in [6.45, 7) is 1.85. The maximum atomic E-state index is 12.2. The van der Waals surface area contributed by atoms with Crippen molar-refractivity contribution < 1.29 is 9.90 Å². The molecule has 6 heteroatoms. The van der Waals surface area contributed by atoms with Gasteiger partial charge in [-0.05, 0) is 24.6 Å². The highest BCUT2D eigenvalue weighted by Gasteiger charge is 2.21. The highest BCUT2D eigenvalue weighted by atomic mass is 32.1. The molecular formula is C18H17N3O2S. The number of benzene rings is 1. The van der Waals surface area contributed by atoms with Gasteiger partial charge in [0.1, 0.15) is 5.01 Å². The molecule has 3 aromatic rings. The summed E-state index contributed by atoms with van der Waals surface area (Å²) in [7, 11) is 0. The Bertz CT molecular complexity index is 805. The summed E-state index contributed by atoms with van der Waals surface area (Å²) in [6.07, 6.45) is 2.28. The number of carbonyl (C=O) groups is 1. The largest absolute Gasteiger partial charge is 0.378 e. The summed E-state index contributed by atoms with van der Waals surface area (Å²) in [5.41, 5.74) is 2.33. The molecule has 24 heavy (non-hydrogen) atoms. The first-order valence-corrected chi connectivity index (χ1v) is 8.42. The molecule has 0 saturated carbocycles. The number of nitrogens with zero attached hydrogens (tertiary/aromatic N) is 2. The minimum Gasteiger partial charge on any atom is -0.378 e. The summed E-state index contributed by atoms with van der Waals surface area (Å²) < 4.78 is 0. The number of rotatable bonds is 5. The number of aliphatic hydroxyl groups excluding tert-OH is 1. The smallest absolute Gasteiger partial charge is 0.254 e. The number of pyridine rings is 1. The van der Waals surface area contributed by atoms with Crippen LogP contribution in [0.4, 0.5) is 0 Å². The molecule has 2 unspecified atom stereocenters. The SMILES string of the molecule is CC(NC(=O)C(O)c1ccccc1)c1nc(-c2cccnc2)cs1. The summed E-state index contributed by atoms with van der Waals surface area (Å²) >= 11 is 1.47. The van der Waals surface area contributed by atoms with E-state index in [1.54, 1.807) is 36.7 Å². The molecule has 0 saturated heterocycles. The number of thiazole rings is 1. The van der Waals surface area contributed by atoms with Crippen LogP contribution in [0.5, 0.6) is 0 Å². The second-order valence-electron chi connectivity index (χ2n) is 5.36. The first-order valence-electron chi connectivity index (χ1n) is 7.54. The third-order valence-corrected chi connectivity index (χ3v) is 4.60. The van der Waals surface area contributed by atoms with Gasteiger partial charge in [-0.1, -0.05) is 30.3 Å². The van der Waals surface area contributed by atoms with Gasteiger partial charge in [0.25, 0.3) is 5.91 Å². The van der Waals surface area contributed by atoms with Crippen molar-refractivity contribution in [3.05, 3.63) is 70.8 Å². The van der Waals surface area contributed by atoms with Crippen molar-refractivity contribution in [2.75, 3.05) is 0 Å². The van der Waals surface area contributed by atoms with Gasteiger partial charge < -0.3 is 10.4 Å². The van der Waals surface area contributed by atoms with Crippen molar-refractivity contribution in [2.24, 2.45) is 0 Å². The molecule has 0 aliphatic heterocycles. The lowest BCUT2D eigenvalue weighted by molar-refractivity contribution is -0.130.